The lowest BCUT2D eigenvalue weighted by Crippen LogP contribution is -2.52. The Morgan fingerprint density at radius 2 is 1.87 bits per heavy atom. The van der Waals surface area contributed by atoms with Crippen molar-refractivity contribution in [2.45, 2.75) is 56.6 Å². The fourth-order valence-corrected chi connectivity index (χ4v) is 6.19. The van der Waals surface area contributed by atoms with E-state index in [2.05, 4.69) is 34.1 Å². The van der Waals surface area contributed by atoms with E-state index in [4.69, 9.17) is 4.98 Å². The van der Waals surface area contributed by atoms with Gasteiger partial charge in [-0.3, -0.25) is 0 Å². The number of anilines is 4. The molecule has 0 bridgehead atoms. The van der Waals surface area contributed by atoms with E-state index in [9.17, 15) is 17.9 Å². The molecule has 0 saturated carbocycles. The smallest absolute Gasteiger partial charge is 0.227 e. The van der Waals surface area contributed by atoms with E-state index in [1.54, 1.807) is 23.4 Å². The molecule has 38 heavy (non-hydrogen) atoms. The average molecular weight is 544 g/mol. The zero-order valence-corrected chi connectivity index (χ0v) is 22.9. The Hall–Kier alpha value is -3.12. The number of fused-ring (bicyclic) bond motifs is 1. The molecule has 2 saturated heterocycles. The minimum atomic E-state index is -3.12. The number of sulfone groups is 1. The number of aliphatic hydroxyl groups excluding tert-OH is 1. The molecule has 5 heterocycles. The van der Waals surface area contributed by atoms with Gasteiger partial charge in [0.2, 0.25) is 5.95 Å². The largest absolute Gasteiger partial charge is 0.390 e. The minimum absolute atomic E-state index is 0.00998. The van der Waals surface area contributed by atoms with E-state index < -0.39 is 26.9 Å². The number of halogens is 1. The number of pyridine rings is 2. The van der Waals surface area contributed by atoms with Crippen LogP contribution in [0.3, 0.4) is 0 Å². The lowest BCUT2D eigenvalue weighted by molar-refractivity contribution is -0.00860. The van der Waals surface area contributed by atoms with Gasteiger partial charge in [0, 0.05) is 49.9 Å². The van der Waals surface area contributed by atoms with E-state index >= 15 is 0 Å². The predicted molar refractivity (Wildman–Crippen MR) is 147 cm³/mol. The van der Waals surface area contributed by atoms with Crippen LogP contribution in [-0.2, 0) is 9.84 Å². The van der Waals surface area contributed by atoms with Gasteiger partial charge in [0.15, 0.2) is 15.5 Å². The molecule has 0 radical (unpaired) electrons. The Kier molecular flexibility index (Phi) is 6.89. The first-order valence-corrected chi connectivity index (χ1v) is 14.8. The molecule has 0 amide bonds. The maximum Gasteiger partial charge on any atom is 0.227 e. The fraction of sp³-hybridized carbons (Fsp3) is 0.538. The normalized spacial score (nSPS) is 24.4. The van der Waals surface area contributed by atoms with Gasteiger partial charge in [-0.2, -0.15) is 4.98 Å². The van der Waals surface area contributed by atoms with Crippen LogP contribution >= 0.6 is 0 Å². The Morgan fingerprint density at radius 1 is 1.11 bits per heavy atom. The molecule has 3 atom stereocenters. The van der Waals surface area contributed by atoms with Crippen LogP contribution in [0.15, 0.2) is 30.7 Å². The maximum atomic E-state index is 14.7. The fourth-order valence-electron chi connectivity index (χ4n) is 5.20. The first kappa shape index (κ1) is 26.5. The second-order valence-corrected chi connectivity index (χ2v) is 13.2. The Balaban J connectivity index is 1.44. The van der Waals surface area contributed by atoms with Gasteiger partial charge >= 0.3 is 0 Å². The molecule has 2 N–H and O–H groups in total. The first-order valence-electron chi connectivity index (χ1n) is 12.9. The lowest BCUT2D eigenvalue weighted by atomic mass is 9.94. The maximum absolute atomic E-state index is 14.7. The zero-order chi connectivity index (χ0) is 27.2. The van der Waals surface area contributed by atoms with Crippen LogP contribution < -0.4 is 15.1 Å². The number of hydrogen-bond donors (Lipinski definition) is 2. The third-order valence-corrected chi connectivity index (χ3v) is 9.10. The molecule has 204 valence electrons. The quantitative estimate of drug-likeness (QED) is 0.479. The summed E-state index contributed by atoms with van der Waals surface area (Å²) < 4.78 is 38.9. The molecule has 2 aliphatic heterocycles. The number of rotatable bonds is 6. The molecule has 5 rings (SSSR count). The van der Waals surface area contributed by atoms with Gasteiger partial charge in [-0.05, 0) is 48.8 Å². The minimum Gasteiger partial charge on any atom is -0.390 e. The van der Waals surface area contributed by atoms with Gasteiger partial charge in [-0.25, -0.2) is 27.8 Å². The molecule has 2 aliphatic rings. The Bertz CT molecular complexity index is 1450. The van der Waals surface area contributed by atoms with E-state index in [0.717, 1.165) is 22.2 Å². The van der Waals surface area contributed by atoms with Crippen LogP contribution in [0.1, 0.15) is 45.1 Å². The van der Waals surface area contributed by atoms with Crippen molar-refractivity contribution in [3.63, 3.8) is 0 Å². The van der Waals surface area contributed by atoms with Crippen LogP contribution in [0, 0.1) is 0 Å². The molecule has 0 unspecified atom stereocenters. The van der Waals surface area contributed by atoms with Crippen LogP contribution in [0.25, 0.3) is 10.8 Å². The molecule has 0 aliphatic carbocycles. The van der Waals surface area contributed by atoms with Crippen molar-refractivity contribution in [2.75, 3.05) is 47.6 Å². The Morgan fingerprint density at radius 3 is 2.55 bits per heavy atom. The first-order chi connectivity index (χ1) is 17.9. The standard InChI is InChI=1S/C26H34FN7O3S/c1-16(2)19-12-30-24(33-9-6-17(14-33)38(4,36)37)20-13-29-23(11-18(19)20)31-22-5-8-28-25(32-22)34-10-7-21(35)26(3,27)15-34/h5,8,11-13,16-17,21,35H,6-7,9-10,14-15H2,1-4H3,(H,28,29,31,32)/t17-,21-,26+/m1/s1. The van der Waals surface area contributed by atoms with Gasteiger partial charge in [0.05, 0.1) is 17.9 Å². The predicted octanol–water partition coefficient (Wildman–Crippen LogP) is 3.21. The summed E-state index contributed by atoms with van der Waals surface area (Å²) in [6.45, 7) is 7.10. The zero-order valence-electron chi connectivity index (χ0n) is 22.1. The topological polar surface area (TPSA) is 124 Å². The van der Waals surface area contributed by atoms with Gasteiger partial charge in [0.25, 0.3) is 0 Å². The molecule has 0 spiro atoms. The number of aliphatic hydroxyl groups is 1. The monoisotopic (exact) mass is 543 g/mol. The summed E-state index contributed by atoms with van der Waals surface area (Å²) in [6.07, 6.45) is 6.40. The number of aromatic nitrogens is 4. The number of piperidine rings is 1. The summed E-state index contributed by atoms with van der Waals surface area (Å²) in [4.78, 5) is 22.0. The second-order valence-electron chi connectivity index (χ2n) is 10.9. The summed E-state index contributed by atoms with van der Waals surface area (Å²) in [7, 11) is -3.12. The number of hydrogen-bond acceptors (Lipinski definition) is 10. The summed E-state index contributed by atoms with van der Waals surface area (Å²) in [5.74, 6) is 2.44. The number of alkyl halides is 1. The van der Waals surface area contributed by atoms with Crippen LogP contribution in [-0.4, -0.2) is 82.9 Å². The molecule has 10 nitrogen and oxygen atoms in total. The van der Waals surface area contributed by atoms with Crippen LogP contribution in [0.2, 0.25) is 0 Å². The number of nitrogens with zero attached hydrogens (tertiary/aromatic N) is 6. The van der Waals surface area contributed by atoms with Crippen molar-refractivity contribution in [3.05, 3.63) is 36.3 Å². The summed E-state index contributed by atoms with van der Waals surface area (Å²) in [6, 6.07) is 3.68. The van der Waals surface area contributed by atoms with Crippen molar-refractivity contribution in [3.8, 4) is 0 Å². The summed E-state index contributed by atoms with van der Waals surface area (Å²) in [5, 5.41) is 14.6. The highest BCUT2D eigenvalue weighted by Crippen LogP contribution is 2.34. The molecular weight excluding hydrogens is 509 g/mol. The van der Waals surface area contributed by atoms with Crippen molar-refractivity contribution < 1.29 is 17.9 Å². The van der Waals surface area contributed by atoms with Crippen molar-refractivity contribution >= 4 is 44.0 Å². The van der Waals surface area contributed by atoms with Gasteiger partial charge in [-0.1, -0.05) is 13.8 Å². The van der Waals surface area contributed by atoms with E-state index in [0.29, 0.717) is 50.1 Å². The SMILES string of the molecule is CC(C)c1cnc(N2CC[C@@H](S(C)(=O)=O)C2)c2cnc(Nc3ccnc(N4CC[C@@H](O)[C@@](C)(F)C4)n3)cc12. The van der Waals surface area contributed by atoms with Gasteiger partial charge in [-0.15, -0.1) is 0 Å². The molecular formula is C26H34FN7O3S. The Labute approximate surface area is 222 Å². The molecule has 12 heteroatoms. The number of nitrogens with one attached hydrogen (secondary N) is 1. The lowest BCUT2D eigenvalue weighted by Gasteiger charge is -2.38. The highest BCUT2D eigenvalue weighted by Gasteiger charge is 2.39. The van der Waals surface area contributed by atoms with Crippen LogP contribution in [0.4, 0.5) is 27.8 Å². The van der Waals surface area contributed by atoms with E-state index in [-0.39, 0.29) is 12.5 Å². The van der Waals surface area contributed by atoms with Crippen molar-refractivity contribution in [1.82, 2.24) is 19.9 Å². The average Bonchev–Trinajstić information content (AvgIpc) is 3.36. The van der Waals surface area contributed by atoms with Gasteiger partial charge in [0.1, 0.15) is 17.5 Å². The van der Waals surface area contributed by atoms with Gasteiger partial charge < -0.3 is 20.2 Å². The highest BCUT2D eigenvalue weighted by atomic mass is 32.2. The van der Waals surface area contributed by atoms with E-state index in [1.165, 1.54) is 13.2 Å². The van der Waals surface area contributed by atoms with Crippen LogP contribution in [0.5, 0.6) is 0 Å². The third kappa shape index (κ3) is 5.24. The molecule has 3 aromatic rings. The van der Waals surface area contributed by atoms with E-state index in [1.807, 2.05) is 17.2 Å². The molecule has 0 aromatic carbocycles. The third-order valence-electron chi connectivity index (χ3n) is 7.50. The second kappa shape index (κ2) is 9.88. The van der Waals surface area contributed by atoms with Crippen molar-refractivity contribution in [1.29, 1.82) is 0 Å². The highest BCUT2D eigenvalue weighted by molar-refractivity contribution is 7.91. The summed E-state index contributed by atoms with van der Waals surface area (Å²) >= 11 is 0. The molecule has 3 aromatic heterocycles. The van der Waals surface area contributed by atoms with Crippen molar-refractivity contribution in [2.24, 2.45) is 0 Å². The summed E-state index contributed by atoms with van der Waals surface area (Å²) in [5.41, 5.74) is -0.675. The molecule has 2 fully saturated rings.